The van der Waals surface area contributed by atoms with Crippen molar-refractivity contribution in [2.75, 3.05) is 21.3 Å². The van der Waals surface area contributed by atoms with Crippen molar-refractivity contribution in [3.8, 4) is 17.2 Å². The van der Waals surface area contributed by atoms with Gasteiger partial charge in [0, 0.05) is 27.8 Å². The molecule has 0 saturated heterocycles. The highest BCUT2D eigenvalue weighted by atomic mass is 79.9. The molecular weight excluding hydrogens is 354 g/mol. The second kappa shape index (κ2) is 7.68. The molecule has 0 spiro atoms. The summed E-state index contributed by atoms with van der Waals surface area (Å²) in [5, 5.41) is 5.49. The first-order valence-electron chi connectivity index (χ1n) is 6.40. The van der Waals surface area contributed by atoms with E-state index in [-0.39, 0.29) is 0 Å². The molecular formula is C15H18BrNO3S. The van der Waals surface area contributed by atoms with Crippen molar-refractivity contribution >= 4 is 27.3 Å². The lowest BCUT2D eigenvalue weighted by Gasteiger charge is -2.14. The molecule has 0 saturated carbocycles. The number of ether oxygens (including phenoxy) is 3. The first-order valence-corrected chi connectivity index (χ1v) is 8.07. The molecule has 0 aliphatic carbocycles. The molecule has 21 heavy (non-hydrogen) atoms. The molecule has 0 atom stereocenters. The number of rotatable bonds is 7. The summed E-state index contributed by atoms with van der Waals surface area (Å²) in [6.45, 7) is 1.55. The monoisotopic (exact) mass is 371 g/mol. The second-order valence-electron chi connectivity index (χ2n) is 4.37. The summed E-state index contributed by atoms with van der Waals surface area (Å²) in [5.74, 6) is 1.96. The number of benzene rings is 1. The zero-order valence-corrected chi connectivity index (χ0v) is 14.6. The van der Waals surface area contributed by atoms with Gasteiger partial charge < -0.3 is 19.5 Å². The summed E-state index contributed by atoms with van der Waals surface area (Å²) < 4.78 is 17.1. The molecule has 2 rings (SSSR count). The first-order chi connectivity index (χ1) is 10.2. The van der Waals surface area contributed by atoms with Gasteiger partial charge in [0.15, 0.2) is 11.5 Å². The SMILES string of the molecule is COc1cc(CNCc2cc(Br)cs2)cc(OC)c1OC. The van der Waals surface area contributed by atoms with Crippen LogP contribution in [0.15, 0.2) is 28.1 Å². The maximum Gasteiger partial charge on any atom is 0.203 e. The van der Waals surface area contributed by atoms with Crippen molar-refractivity contribution < 1.29 is 14.2 Å². The summed E-state index contributed by atoms with van der Waals surface area (Å²) in [6.07, 6.45) is 0. The molecule has 2 aromatic rings. The molecule has 0 amide bonds. The van der Waals surface area contributed by atoms with Crippen LogP contribution in [-0.2, 0) is 13.1 Å². The Morgan fingerprint density at radius 2 is 1.67 bits per heavy atom. The molecule has 114 valence electrons. The molecule has 1 N–H and O–H groups in total. The molecule has 0 radical (unpaired) electrons. The average molecular weight is 372 g/mol. The molecule has 0 unspecified atom stereocenters. The Balaban J connectivity index is 2.05. The summed E-state index contributed by atoms with van der Waals surface area (Å²) in [7, 11) is 4.85. The lowest BCUT2D eigenvalue weighted by Crippen LogP contribution is -2.12. The van der Waals surface area contributed by atoms with Crippen LogP contribution in [0.25, 0.3) is 0 Å². The average Bonchev–Trinajstić information content (AvgIpc) is 2.91. The van der Waals surface area contributed by atoms with Gasteiger partial charge in [-0.1, -0.05) is 0 Å². The Bertz CT molecular complexity index is 575. The highest BCUT2D eigenvalue weighted by Gasteiger charge is 2.12. The van der Waals surface area contributed by atoms with E-state index < -0.39 is 0 Å². The van der Waals surface area contributed by atoms with E-state index in [9.17, 15) is 0 Å². The summed E-state index contributed by atoms with van der Waals surface area (Å²) in [5.41, 5.74) is 1.08. The predicted octanol–water partition coefficient (Wildman–Crippen LogP) is 3.83. The molecule has 1 aromatic heterocycles. The van der Waals surface area contributed by atoms with Crippen molar-refractivity contribution in [2.24, 2.45) is 0 Å². The van der Waals surface area contributed by atoms with Crippen LogP contribution in [0.4, 0.5) is 0 Å². The first kappa shape index (κ1) is 16.1. The number of halogens is 1. The zero-order valence-electron chi connectivity index (χ0n) is 12.2. The predicted molar refractivity (Wildman–Crippen MR) is 88.7 cm³/mol. The van der Waals surface area contributed by atoms with Gasteiger partial charge >= 0.3 is 0 Å². The highest BCUT2D eigenvalue weighted by Crippen LogP contribution is 2.38. The van der Waals surface area contributed by atoms with E-state index in [4.69, 9.17) is 14.2 Å². The van der Waals surface area contributed by atoms with E-state index in [0.29, 0.717) is 17.2 Å². The Hall–Kier alpha value is -1.24. The summed E-state index contributed by atoms with van der Waals surface area (Å²) in [6, 6.07) is 6.03. The Kier molecular flexibility index (Phi) is 5.90. The maximum atomic E-state index is 5.35. The molecule has 1 aromatic carbocycles. The molecule has 0 fully saturated rings. The molecule has 0 aliphatic heterocycles. The third-order valence-electron chi connectivity index (χ3n) is 2.97. The van der Waals surface area contributed by atoms with Gasteiger partial charge in [0.2, 0.25) is 5.75 Å². The molecule has 6 heteroatoms. The van der Waals surface area contributed by atoms with Crippen LogP contribution in [0.1, 0.15) is 10.4 Å². The van der Waals surface area contributed by atoms with Crippen LogP contribution in [0, 0.1) is 0 Å². The lowest BCUT2D eigenvalue weighted by molar-refractivity contribution is 0.323. The lowest BCUT2D eigenvalue weighted by atomic mass is 10.1. The fraction of sp³-hybridized carbons (Fsp3) is 0.333. The van der Waals surface area contributed by atoms with Gasteiger partial charge in [-0.05, 0) is 39.7 Å². The van der Waals surface area contributed by atoms with E-state index in [0.717, 1.165) is 23.1 Å². The standard InChI is InChI=1S/C15H18BrNO3S/c1-18-13-4-10(5-14(19-2)15(13)20-3)7-17-8-12-6-11(16)9-21-12/h4-6,9,17H,7-8H2,1-3H3. The zero-order chi connectivity index (χ0) is 15.2. The third-order valence-corrected chi connectivity index (χ3v) is 4.67. The van der Waals surface area contributed by atoms with E-state index in [1.807, 2.05) is 12.1 Å². The molecule has 1 heterocycles. The van der Waals surface area contributed by atoms with E-state index in [2.05, 4.69) is 32.7 Å². The minimum absolute atomic E-state index is 0.617. The van der Waals surface area contributed by atoms with Crippen LogP contribution in [0.5, 0.6) is 17.2 Å². The molecule has 4 nitrogen and oxygen atoms in total. The topological polar surface area (TPSA) is 39.7 Å². The van der Waals surface area contributed by atoms with Gasteiger partial charge in [-0.3, -0.25) is 0 Å². The Morgan fingerprint density at radius 1 is 1.00 bits per heavy atom. The van der Waals surface area contributed by atoms with Gasteiger partial charge in [0.1, 0.15) is 0 Å². The van der Waals surface area contributed by atoms with Gasteiger partial charge in [-0.25, -0.2) is 0 Å². The fourth-order valence-corrected chi connectivity index (χ4v) is 3.43. The van der Waals surface area contributed by atoms with Gasteiger partial charge in [-0.15, -0.1) is 11.3 Å². The minimum atomic E-state index is 0.617. The Morgan fingerprint density at radius 3 is 2.14 bits per heavy atom. The minimum Gasteiger partial charge on any atom is -0.493 e. The van der Waals surface area contributed by atoms with Gasteiger partial charge in [-0.2, -0.15) is 0 Å². The Labute approximate surface area is 137 Å². The van der Waals surface area contributed by atoms with E-state index in [1.165, 1.54) is 4.88 Å². The smallest absolute Gasteiger partial charge is 0.203 e. The molecule has 0 bridgehead atoms. The van der Waals surface area contributed by atoms with Gasteiger partial charge in [0.25, 0.3) is 0 Å². The van der Waals surface area contributed by atoms with Crippen molar-refractivity contribution in [1.29, 1.82) is 0 Å². The normalized spacial score (nSPS) is 10.5. The van der Waals surface area contributed by atoms with Gasteiger partial charge in [0.05, 0.1) is 21.3 Å². The quantitative estimate of drug-likeness (QED) is 0.802. The van der Waals surface area contributed by atoms with E-state index >= 15 is 0 Å². The van der Waals surface area contributed by atoms with Crippen molar-refractivity contribution in [1.82, 2.24) is 5.32 Å². The third kappa shape index (κ3) is 4.12. The second-order valence-corrected chi connectivity index (χ2v) is 6.28. The van der Waals surface area contributed by atoms with Crippen molar-refractivity contribution in [3.63, 3.8) is 0 Å². The van der Waals surface area contributed by atoms with Crippen LogP contribution in [0.3, 0.4) is 0 Å². The number of hydrogen-bond acceptors (Lipinski definition) is 5. The highest BCUT2D eigenvalue weighted by molar-refractivity contribution is 9.10. The van der Waals surface area contributed by atoms with E-state index in [1.54, 1.807) is 32.7 Å². The van der Waals surface area contributed by atoms with Crippen LogP contribution in [0.2, 0.25) is 0 Å². The summed E-state index contributed by atoms with van der Waals surface area (Å²) in [4.78, 5) is 1.29. The van der Waals surface area contributed by atoms with Crippen LogP contribution >= 0.6 is 27.3 Å². The number of thiophene rings is 1. The largest absolute Gasteiger partial charge is 0.493 e. The van der Waals surface area contributed by atoms with Crippen molar-refractivity contribution in [2.45, 2.75) is 13.1 Å². The fourth-order valence-electron chi connectivity index (χ4n) is 2.01. The number of hydrogen-bond donors (Lipinski definition) is 1. The number of nitrogens with one attached hydrogen (secondary N) is 1. The summed E-state index contributed by atoms with van der Waals surface area (Å²) >= 11 is 5.19. The number of methoxy groups -OCH3 is 3. The maximum absolute atomic E-state index is 5.35. The van der Waals surface area contributed by atoms with Crippen LogP contribution in [-0.4, -0.2) is 21.3 Å². The van der Waals surface area contributed by atoms with Crippen molar-refractivity contribution in [3.05, 3.63) is 38.5 Å². The van der Waals surface area contributed by atoms with Crippen LogP contribution < -0.4 is 19.5 Å². The molecule has 0 aliphatic rings.